The van der Waals surface area contributed by atoms with E-state index in [-0.39, 0.29) is 0 Å². The van der Waals surface area contributed by atoms with Crippen LogP contribution in [0.1, 0.15) is 30.5 Å². The molecule has 0 aliphatic heterocycles. The zero-order valence-corrected chi connectivity index (χ0v) is 13.1. The van der Waals surface area contributed by atoms with E-state index in [1.807, 2.05) is 60.0 Å². The first-order chi connectivity index (χ1) is 10.6. The second-order valence-corrected chi connectivity index (χ2v) is 5.44. The van der Waals surface area contributed by atoms with Gasteiger partial charge in [-0.3, -0.25) is 5.41 Å². The van der Waals surface area contributed by atoms with E-state index in [1.165, 1.54) is 0 Å². The molecule has 0 amide bonds. The van der Waals surface area contributed by atoms with E-state index >= 15 is 0 Å². The summed E-state index contributed by atoms with van der Waals surface area (Å²) >= 11 is 0. The number of quaternary nitrogens is 1. The van der Waals surface area contributed by atoms with Gasteiger partial charge in [-0.05, 0) is 25.5 Å². The van der Waals surface area contributed by atoms with Gasteiger partial charge in [0.2, 0.25) is 0 Å². The molecule has 112 valence electrons. The Morgan fingerprint density at radius 2 is 1.77 bits per heavy atom. The first-order valence-electron chi connectivity index (χ1n) is 7.40. The Balaban J connectivity index is 2.44. The van der Waals surface area contributed by atoms with E-state index in [2.05, 4.69) is 25.5 Å². The number of hydrogen-bond acceptors (Lipinski definition) is 2. The highest BCUT2D eigenvalue weighted by Crippen LogP contribution is 2.11. The molecule has 3 heteroatoms. The smallest absolute Gasteiger partial charge is 0.151 e. The van der Waals surface area contributed by atoms with Gasteiger partial charge in [-0.25, -0.2) is 5.43 Å². The predicted molar refractivity (Wildman–Crippen MR) is 93.4 cm³/mol. The van der Waals surface area contributed by atoms with Crippen LogP contribution in [-0.2, 0) is 0 Å². The fourth-order valence-corrected chi connectivity index (χ4v) is 2.06. The lowest BCUT2D eigenvalue weighted by Gasteiger charge is -2.09. The number of hydrogen-bond donors (Lipinski definition) is 2. The molecular formula is C19H22N3+. The minimum atomic E-state index is 0.334. The van der Waals surface area contributed by atoms with Crippen LogP contribution >= 0.6 is 0 Å². The topological polar surface area (TPSA) is 52.8 Å². The van der Waals surface area contributed by atoms with Gasteiger partial charge >= 0.3 is 0 Å². The highest BCUT2D eigenvalue weighted by atomic mass is 15.3. The molecule has 0 aliphatic rings. The van der Waals surface area contributed by atoms with Gasteiger partial charge in [0.05, 0.1) is 5.71 Å². The molecule has 0 saturated heterocycles. The molecule has 0 atom stereocenters. The molecule has 2 rings (SSSR count). The lowest BCUT2D eigenvalue weighted by Crippen LogP contribution is -2.83. The van der Waals surface area contributed by atoms with Crippen molar-refractivity contribution in [2.75, 3.05) is 0 Å². The first kappa shape index (κ1) is 15.9. The number of nitrogens with two attached hydrogens (primary N) is 1. The Morgan fingerprint density at radius 1 is 1.09 bits per heavy atom. The minimum Gasteiger partial charge on any atom is -0.298 e. The summed E-state index contributed by atoms with van der Waals surface area (Å²) in [6.45, 7) is 7.96. The molecule has 0 aromatic heterocycles. The Kier molecular flexibility index (Phi) is 5.39. The van der Waals surface area contributed by atoms with E-state index in [0.29, 0.717) is 17.5 Å². The first-order valence-corrected chi connectivity index (χ1v) is 7.40. The normalized spacial score (nSPS) is 11.5. The van der Waals surface area contributed by atoms with E-state index < -0.39 is 0 Å². The largest absolute Gasteiger partial charge is 0.298 e. The quantitative estimate of drug-likeness (QED) is 0.467. The Morgan fingerprint density at radius 3 is 2.41 bits per heavy atom. The molecule has 0 radical (unpaired) electrons. The van der Waals surface area contributed by atoms with Crippen molar-refractivity contribution in [3.8, 4) is 0 Å². The number of nitrogens with zero attached hydrogens (tertiary/aromatic N) is 1. The molecule has 0 fully saturated rings. The molecule has 0 aliphatic carbocycles. The average molecular weight is 292 g/mol. The van der Waals surface area contributed by atoms with Crippen LogP contribution in [0.25, 0.3) is 6.08 Å². The van der Waals surface area contributed by atoms with Crippen LogP contribution in [0.2, 0.25) is 0 Å². The summed E-state index contributed by atoms with van der Waals surface area (Å²) in [6, 6.07) is 18.0. The third-order valence-electron chi connectivity index (χ3n) is 3.20. The van der Waals surface area contributed by atoms with Crippen LogP contribution in [-0.4, -0.2) is 17.5 Å². The van der Waals surface area contributed by atoms with Crippen molar-refractivity contribution in [2.45, 2.75) is 19.9 Å². The highest BCUT2D eigenvalue weighted by molar-refractivity contribution is 6.52. The molecule has 0 unspecified atom stereocenters. The summed E-state index contributed by atoms with van der Waals surface area (Å²) in [4.78, 5) is 0. The third-order valence-corrected chi connectivity index (χ3v) is 3.20. The van der Waals surface area contributed by atoms with Gasteiger partial charge in [-0.15, -0.1) is 0 Å². The average Bonchev–Trinajstić information content (AvgIpc) is 2.55. The maximum atomic E-state index is 8.52. The summed E-state index contributed by atoms with van der Waals surface area (Å²) in [5.74, 6) is 0. The Labute approximate surface area is 131 Å². The van der Waals surface area contributed by atoms with Gasteiger partial charge in [-0.1, -0.05) is 66.3 Å². The van der Waals surface area contributed by atoms with Crippen molar-refractivity contribution >= 4 is 17.5 Å². The fourth-order valence-electron chi connectivity index (χ4n) is 2.06. The zero-order chi connectivity index (χ0) is 15.9. The minimum absolute atomic E-state index is 0.334. The van der Waals surface area contributed by atoms with Gasteiger partial charge in [-0.2, -0.15) is 0 Å². The SMILES string of the molecule is C=Cc1cccc(/C(=N/[NH2+]C(C)C)C(=N)c2ccccc2)c1. The van der Waals surface area contributed by atoms with Crippen LogP contribution in [0.5, 0.6) is 0 Å². The summed E-state index contributed by atoms with van der Waals surface area (Å²) in [5, 5.41) is 13.1. The van der Waals surface area contributed by atoms with Crippen molar-refractivity contribution in [1.82, 2.24) is 0 Å². The van der Waals surface area contributed by atoms with Crippen molar-refractivity contribution in [2.24, 2.45) is 5.10 Å². The van der Waals surface area contributed by atoms with E-state index in [1.54, 1.807) is 6.08 Å². The summed E-state index contributed by atoms with van der Waals surface area (Å²) in [6.07, 6.45) is 1.80. The van der Waals surface area contributed by atoms with Crippen LogP contribution in [0.3, 0.4) is 0 Å². The molecular weight excluding hydrogens is 270 g/mol. The molecule has 0 heterocycles. The number of benzene rings is 2. The lowest BCUT2D eigenvalue weighted by molar-refractivity contribution is -0.688. The number of nitrogens with one attached hydrogen (secondary N) is 1. The molecule has 2 aromatic rings. The zero-order valence-electron chi connectivity index (χ0n) is 13.1. The van der Waals surface area contributed by atoms with Gasteiger partial charge in [0, 0.05) is 11.1 Å². The molecule has 3 N–H and O–H groups in total. The monoisotopic (exact) mass is 292 g/mol. The summed E-state index contributed by atoms with van der Waals surface area (Å²) in [7, 11) is 0. The van der Waals surface area contributed by atoms with Crippen LogP contribution < -0.4 is 5.43 Å². The van der Waals surface area contributed by atoms with E-state index in [0.717, 1.165) is 16.7 Å². The molecule has 0 bridgehead atoms. The maximum Gasteiger partial charge on any atom is 0.151 e. The van der Waals surface area contributed by atoms with Crippen LogP contribution in [0.15, 0.2) is 66.3 Å². The highest BCUT2D eigenvalue weighted by Gasteiger charge is 2.15. The Bertz CT molecular complexity index is 685. The predicted octanol–water partition coefficient (Wildman–Crippen LogP) is 3.07. The molecule has 0 saturated carbocycles. The lowest BCUT2D eigenvalue weighted by atomic mass is 9.98. The van der Waals surface area contributed by atoms with Crippen molar-refractivity contribution in [3.05, 3.63) is 77.9 Å². The van der Waals surface area contributed by atoms with Crippen LogP contribution in [0, 0.1) is 5.41 Å². The summed E-state index contributed by atoms with van der Waals surface area (Å²) < 4.78 is 0. The van der Waals surface area contributed by atoms with Gasteiger partial charge < -0.3 is 0 Å². The Hall–Kier alpha value is -2.52. The second kappa shape index (κ2) is 7.48. The standard InChI is InChI=1S/C19H21N3/c1-4-15-9-8-12-17(13-15)19(22-21-14(2)3)18(20)16-10-6-5-7-11-16/h4-14,20-21H,1H2,2-3H3/p+1/b20-18?,22-19-. The number of rotatable bonds is 6. The molecule has 3 nitrogen and oxygen atoms in total. The van der Waals surface area contributed by atoms with E-state index in [4.69, 9.17) is 5.41 Å². The molecule has 22 heavy (non-hydrogen) atoms. The van der Waals surface area contributed by atoms with Crippen molar-refractivity contribution < 1.29 is 5.43 Å². The van der Waals surface area contributed by atoms with Gasteiger partial charge in [0.25, 0.3) is 0 Å². The third kappa shape index (κ3) is 3.99. The van der Waals surface area contributed by atoms with Crippen molar-refractivity contribution in [3.63, 3.8) is 0 Å². The summed E-state index contributed by atoms with van der Waals surface area (Å²) in [5.41, 5.74) is 5.82. The fraction of sp³-hybridized carbons (Fsp3) is 0.158. The maximum absolute atomic E-state index is 8.52. The van der Waals surface area contributed by atoms with Gasteiger partial charge in [0.1, 0.15) is 6.04 Å². The van der Waals surface area contributed by atoms with Gasteiger partial charge in [0.15, 0.2) is 5.71 Å². The van der Waals surface area contributed by atoms with E-state index in [9.17, 15) is 0 Å². The van der Waals surface area contributed by atoms with Crippen molar-refractivity contribution in [1.29, 1.82) is 5.41 Å². The van der Waals surface area contributed by atoms with Crippen LogP contribution in [0.4, 0.5) is 0 Å². The molecule has 2 aromatic carbocycles. The molecule has 0 spiro atoms. The second-order valence-electron chi connectivity index (χ2n) is 5.44.